The monoisotopic (exact) mass is 707 g/mol. The third-order valence-corrected chi connectivity index (χ3v) is 12.1. The Bertz CT molecular complexity index is 3100. The Morgan fingerprint density at radius 1 is 0.481 bits per heavy atom. The van der Waals surface area contributed by atoms with Gasteiger partial charge in [0, 0.05) is 53.3 Å². The average Bonchev–Trinajstić information content (AvgIpc) is 3.80. The van der Waals surface area contributed by atoms with E-state index >= 15 is 0 Å². The summed E-state index contributed by atoms with van der Waals surface area (Å²) in [6.07, 6.45) is 4.24. The highest BCUT2D eigenvalue weighted by Crippen LogP contribution is 2.44. The lowest BCUT2D eigenvalue weighted by atomic mass is 9.91. The minimum absolute atomic E-state index is 0.702. The molecule has 1 aliphatic carbocycles. The van der Waals surface area contributed by atoms with Gasteiger partial charge < -0.3 is 0 Å². The lowest BCUT2D eigenvalue weighted by molar-refractivity contribution is 0.859. The van der Waals surface area contributed by atoms with E-state index in [2.05, 4.69) is 181 Å². The first kappa shape index (κ1) is 31.0. The van der Waals surface area contributed by atoms with Crippen molar-refractivity contribution < 1.29 is 0 Å². The van der Waals surface area contributed by atoms with Crippen molar-refractivity contribution in [2.24, 2.45) is 0 Å². The van der Waals surface area contributed by atoms with Crippen molar-refractivity contribution in [3.05, 3.63) is 187 Å². The molecule has 1 aliphatic rings. The van der Waals surface area contributed by atoms with Crippen LogP contribution in [0.25, 0.3) is 93.1 Å². The van der Waals surface area contributed by atoms with Crippen LogP contribution >= 0.6 is 11.3 Å². The minimum atomic E-state index is 0.702. The van der Waals surface area contributed by atoms with Crippen LogP contribution < -0.4 is 0 Å². The van der Waals surface area contributed by atoms with Gasteiger partial charge in [-0.25, -0.2) is 9.97 Å². The van der Waals surface area contributed by atoms with Gasteiger partial charge in [0.1, 0.15) is 0 Å². The van der Waals surface area contributed by atoms with E-state index in [1.165, 1.54) is 70.2 Å². The normalized spacial score (nSPS) is 12.8. The summed E-state index contributed by atoms with van der Waals surface area (Å²) in [5, 5.41) is 4.90. The van der Waals surface area contributed by atoms with Gasteiger partial charge in [-0.1, -0.05) is 146 Å². The predicted molar refractivity (Wildman–Crippen MR) is 228 cm³/mol. The maximum absolute atomic E-state index is 5.44. The largest absolute Gasteiger partial charge is 0.281 e. The highest BCUT2D eigenvalue weighted by Gasteiger charge is 2.26. The van der Waals surface area contributed by atoms with Gasteiger partial charge in [0.05, 0.1) is 16.7 Å². The Labute approximate surface area is 317 Å². The van der Waals surface area contributed by atoms with Crippen molar-refractivity contribution >= 4 is 65.0 Å². The number of hydrogen-bond acceptors (Lipinski definition) is 3. The zero-order valence-electron chi connectivity index (χ0n) is 29.4. The van der Waals surface area contributed by atoms with E-state index in [1.807, 2.05) is 11.3 Å². The van der Waals surface area contributed by atoms with E-state index in [0.29, 0.717) is 5.95 Å². The lowest BCUT2D eigenvalue weighted by Crippen LogP contribution is -2.09. The molecule has 54 heavy (non-hydrogen) atoms. The number of benzene rings is 7. The number of para-hydroxylation sites is 2. The molecule has 3 heterocycles. The van der Waals surface area contributed by atoms with E-state index in [4.69, 9.17) is 9.97 Å². The number of fused-ring (bicyclic) bond motifs is 7. The third-order valence-electron chi connectivity index (χ3n) is 11.0. The van der Waals surface area contributed by atoms with Crippen LogP contribution in [0.3, 0.4) is 0 Å². The Hall–Kier alpha value is -6.62. The fraction of sp³-hybridized carbons (Fsp3) is 0.0400. The molecule has 0 bridgehead atoms. The summed E-state index contributed by atoms with van der Waals surface area (Å²) in [4.78, 5) is 10.8. The minimum Gasteiger partial charge on any atom is -0.281 e. The first-order valence-corrected chi connectivity index (χ1v) is 19.4. The second-order valence-electron chi connectivity index (χ2n) is 14.0. The quantitative estimate of drug-likeness (QED) is 0.178. The molecule has 0 amide bonds. The summed E-state index contributed by atoms with van der Waals surface area (Å²) >= 11 is 1.86. The molecule has 10 aromatic rings. The summed E-state index contributed by atoms with van der Waals surface area (Å²) in [6, 6.07) is 61.0. The Kier molecular flexibility index (Phi) is 7.17. The highest BCUT2D eigenvalue weighted by atomic mass is 32.1. The number of nitrogens with zero attached hydrogens (tertiary/aromatic N) is 3. The molecule has 0 fully saturated rings. The van der Waals surface area contributed by atoms with Crippen molar-refractivity contribution in [3.8, 4) is 39.5 Å². The van der Waals surface area contributed by atoms with Crippen LogP contribution in [0.5, 0.6) is 0 Å². The molecule has 3 nitrogen and oxygen atoms in total. The average molecular weight is 708 g/mol. The summed E-state index contributed by atoms with van der Waals surface area (Å²) in [7, 11) is 0. The molecule has 11 rings (SSSR count). The molecule has 3 aromatic heterocycles. The molecule has 0 saturated carbocycles. The summed E-state index contributed by atoms with van der Waals surface area (Å²) in [5.74, 6) is 0.702. The van der Waals surface area contributed by atoms with Gasteiger partial charge >= 0.3 is 0 Å². The van der Waals surface area contributed by atoms with Crippen molar-refractivity contribution in [3.63, 3.8) is 0 Å². The number of thiophene rings is 1. The number of aromatic nitrogens is 3. The van der Waals surface area contributed by atoms with Crippen LogP contribution in [-0.2, 0) is 6.42 Å². The molecule has 0 N–H and O–H groups in total. The smallest absolute Gasteiger partial charge is 0.235 e. The maximum Gasteiger partial charge on any atom is 0.235 e. The number of allylic oxidation sites excluding steroid dienone is 1. The number of hydrogen-bond donors (Lipinski definition) is 0. The molecule has 0 spiro atoms. The molecule has 0 aliphatic heterocycles. The first-order valence-electron chi connectivity index (χ1n) is 18.5. The fourth-order valence-electron chi connectivity index (χ4n) is 8.50. The van der Waals surface area contributed by atoms with E-state index < -0.39 is 0 Å². The van der Waals surface area contributed by atoms with Crippen LogP contribution in [0.15, 0.2) is 170 Å². The van der Waals surface area contributed by atoms with Crippen LogP contribution in [0.1, 0.15) is 23.2 Å². The lowest BCUT2D eigenvalue weighted by Gasteiger charge is -2.18. The third kappa shape index (κ3) is 4.95. The Morgan fingerprint density at radius 3 is 1.96 bits per heavy atom. The van der Waals surface area contributed by atoms with Crippen LogP contribution in [0.4, 0.5) is 0 Å². The first-order chi connectivity index (χ1) is 26.8. The van der Waals surface area contributed by atoms with Crippen LogP contribution in [0.2, 0.25) is 0 Å². The van der Waals surface area contributed by atoms with E-state index in [1.54, 1.807) is 0 Å². The standard InChI is InChI=1S/C50H33N3S/c1-3-14-32(15-4-1)34-28-29-44-42(31-34)39-24-12-23-38(36-19-11-18-35(30-36)37-22-13-27-46-47(37)41-21-8-10-26-45(41)54-46)49(39)53(44)50-51-43-25-9-7-20-40(43)48(52-50)33-16-5-2-6-17-33/h1-27,30-31H,28-29H2. The molecule has 0 radical (unpaired) electrons. The van der Waals surface area contributed by atoms with Crippen molar-refractivity contribution in [2.45, 2.75) is 12.8 Å². The molecule has 7 aromatic carbocycles. The van der Waals surface area contributed by atoms with Gasteiger partial charge in [0.25, 0.3) is 0 Å². The van der Waals surface area contributed by atoms with E-state index in [9.17, 15) is 0 Å². The Morgan fingerprint density at radius 2 is 1.11 bits per heavy atom. The molecular formula is C50H33N3S. The number of rotatable bonds is 5. The summed E-state index contributed by atoms with van der Waals surface area (Å²) in [6.45, 7) is 0. The Balaban J connectivity index is 1.18. The van der Waals surface area contributed by atoms with Gasteiger partial charge in [-0.15, -0.1) is 11.3 Å². The molecule has 0 atom stereocenters. The van der Waals surface area contributed by atoms with Gasteiger partial charge in [0.2, 0.25) is 5.95 Å². The van der Waals surface area contributed by atoms with Crippen molar-refractivity contribution in [1.29, 1.82) is 0 Å². The summed E-state index contributed by atoms with van der Waals surface area (Å²) in [5.41, 5.74) is 14.0. The van der Waals surface area contributed by atoms with Gasteiger partial charge in [0.15, 0.2) is 0 Å². The van der Waals surface area contributed by atoms with Crippen LogP contribution in [0, 0.1) is 0 Å². The zero-order valence-corrected chi connectivity index (χ0v) is 30.2. The van der Waals surface area contributed by atoms with Crippen molar-refractivity contribution in [1.82, 2.24) is 14.5 Å². The van der Waals surface area contributed by atoms with E-state index in [-0.39, 0.29) is 0 Å². The van der Waals surface area contributed by atoms with E-state index in [0.717, 1.165) is 40.5 Å². The molecule has 0 unspecified atom stereocenters. The van der Waals surface area contributed by atoms with Gasteiger partial charge in [-0.2, -0.15) is 0 Å². The maximum atomic E-state index is 5.44. The molecule has 254 valence electrons. The highest BCUT2D eigenvalue weighted by molar-refractivity contribution is 7.25. The topological polar surface area (TPSA) is 30.7 Å². The zero-order chi connectivity index (χ0) is 35.6. The molecule has 0 saturated heterocycles. The second kappa shape index (κ2) is 12.5. The van der Waals surface area contributed by atoms with Crippen LogP contribution in [-0.4, -0.2) is 14.5 Å². The molecular weight excluding hydrogens is 675 g/mol. The summed E-state index contributed by atoms with van der Waals surface area (Å²) < 4.78 is 5.00. The fourth-order valence-corrected chi connectivity index (χ4v) is 9.64. The van der Waals surface area contributed by atoms with Gasteiger partial charge in [-0.05, 0) is 71.0 Å². The van der Waals surface area contributed by atoms with Crippen molar-refractivity contribution in [2.75, 3.05) is 0 Å². The van der Waals surface area contributed by atoms with Gasteiger partial charge in [-0.3, -0.25) is 4.57 Å². The molecule has 4 heteroatoms. The SMILES string of the molecule is C1=C(c2ccccc2)CCc2c1c1cccc(-c3cccc(-c4cccc5sc6ccccc6c45)c3)c1n2-c1nc(-c2ccccc2)c2ccccc2n1. The second-order valence-corrected chi connectivity index (χ2v) is 15.1. The predicted octanol–water partition coefficient (Wildman–Crippen LogP) is 13.4.